The molecule has 6 heteroatoms. The zero-order valence-corrected chi connectivity index (χ0v) is 13.3. The Morgan fingerprint density at radius 1 is 1.10 bits per heavy atom. The molecule has 2 rings (SSSR count). The molecule has 0 radical (unpaired) electrons. The largest absolute Gasteiger partial charge is 0.334 e. The number of rotatable bonds is 2. The first kappa shape index (κ1) is 15.7. The molecule has 1 aliphatic heterocycles. The number of carbonyl (C=O) groups excluding carboxylic acids is 2. The van der Waals surface area contributed by atoms with Crippen LogP contribution in [0.2, 0.25) is 0 Å². The Labute approximate surface area is 132 Å². The number of hydrogen-bond donors (Lipinski definition) is 1. The highest BCUT2D eigenvalue weighted by molar-refractivity contribution is 9.10. The molecule has 1 aromatic rings. The molecule has 1 N–H and O–H groups in total. The molecule has 0 unspecified atom stereocenters. The van der Waals surface area contributed by atoms with Gasteiger partial charge in [-0.3, -0.25) is 9.59 Å². The molecule has 21 heavy (non-hydrogen) atoms. The van der Waals surface area contributed by atoms with E-state index < -0.39 is 11.8 Å². The summed E-state index contributed by atoms with van der Waals surface area (Å²) in [6.45, 7) is 1.31. The Morgan fingerprint density at radius 3 is 2.33 bits per heavy atom. The lowest BCUT2D eigenvalue weighted by Crippen LogP contribution is -2.41. The van der Waals surface area contributed by atoms with E-state index in [0.29, 0.717) is 13.1 Å². The van der Waals surface area contributed by atoms with Gasteiger partial charge in [0.2, 0.25) is 0 Å². The molecule has 0 atom stereocenters. The highest BCUT2D eigenvalue weighted by atomic mass is 79.9. The average Bonchev–Trinajstić information content (AvgIpc) is 2.77. The van der Waals surface area contributed by atoms with Gasteiger partial charge in [0.05, 0.1) is 6.21 Å². The monoisotopic (exact) mass is 351 g/mol. The summed E-state index contributed by atoms with van der Waals surface area (Å²) in [6, 6.07) is 7.48. The Morgan fingerprint density at radius 2 is 1.71 bits per heavy atom. The minimum Gasteiger partial charge on any atom is -0.334 e. The molecular formula is C15H18BrN3O2. The maximum absolute atomic E-state index is 12.0. The topological polar surface area (TPSA) is 61.8 Å². The van der Waals surface area contributed by atoms with Crippen LogP contribution in [0.5, 0.6) is 0 Å². The van der Waals surface area contributed by atoms with Crippen molar-refractivity contribution in [1.29, 1.82) is 0 Å². The van der Waals surface area contributed by atoms with Gasteiger partial charge in [0.25, 0.3) is 0 Å². The molecule has 0 aliphatic carbocycles. The van der Waals surface area contributed by atoms with Crippen LogP contribution in [0.4, 0.5) is 0 Å². The lowest BCUT2D eigenvalue weighted by Gasteiger charge is -2.18. The summed E-state index contributed by atoms with van der Waals surface area (Å²) in [6.07, 6.45) is 5.67. The Bertz CT molecular complexity index is 520. The van der Waals surface area contributed by atoms with Crippen molar-refractivity contribution in [2.75, 3.05) is 13.1 Å². The molecule has 112 valence electrons. The van der Waals surface area contributed by atoms with Crippen molar-refractivity contribution in [3.8, 4) is 0 Å². The van der Waals surface area contributed by atoms with E-state index in [9.17, 15) is 9.59 Å². The van der Waals surface area contributed by atoms with Crippen LogP contribution in [-0.2, 0) is 9.59 Å². The molecule has 1 heterocycles. The zero-order valence-electron chi connectivity index (χ0n) is 11.7. The van der Waals surface area contributed by atoms with Gasteiger partial charge in [-0.05, 0) is 30.5 Å². The number of hydrogen-bond acceptors (Lipinski definition) is 3. The first-order valence-electron chi connectivity index (χ1n) is 7.05. The van der Waals surface area contributed by atoms with Gasteiger partial charge in [0.15, 0.2) is 0 Å². The van der Waals surface area contributed by atoms with E-state index in [-0.39, 0.29) is 0 Å². The number of nitrogens with zero attached hydrogens (tertiary/aromatic N) is 2. The minimum absolute atomic E-state index is 0.496. The van der Waals surface area contributed by atoms with Crippen LogP contribution in [-0.4, -0.2) is 36.0 Å². The second kappa shape index (κ2) is 7.93. The molecule has 0 bridgehead atoms. The predicted octanol–water partition coefficient (Wildman–Crippen LogP) is 2.30. The molecule has 1 fully saturated rings. The fourth-order valence-corrected chi connectivity index (χ4v) is 2.44. The molecule has 5 nitrogen and oxygen atoms in total. The van der Waals surface area contributed by atoms with Crippen molar-refractivity contribution >= 4 is 34.0 Å². The summed E-state index contributed by atoms with van der Waals surface area (Å²) in [4.78, 5) is 25.4. The Balaban J connectivity index is 1.85. The number of hydrazone groups is 1. The molecule has 0 spiro atoms. The van der Waals surface area contributed by atoms with E-state index >= 15 is 0 Å². The Kier molecular flexibility index (Phi) is 5.92. The van der Waals surface area contributed by atoms with E-state index in [0.717, 1.165) is 35.7 Å². The number of nitrogens with one attached hydrogen (secondary N) is 1. The van der Waals surface area contributed by atoms with Crippen LogP contribution in [0.1, 0.15) is 31.2 Å². The first-order valence-corrected chi connectivity index (χ1v) is 7.84. The molecule has 0 aromatic heterocycles. The smallest absolute Gasteiger partial charge is 0.329 e. The van der Waals surface area contributed by atoms with Gasteiger partial charge < -0.3 is 4.90 Å². The maximum atomic E-state index is 12.0. The standard InChI is InChI=1S/C15H18BrN3O2/c16-13-7-5-12(6-8-13)11-17-18-14(20)15(21)19-9-3-1-2-4-10-19/h5-8,11H,1-4,9-10H2,(H,18,20)/b17-11-. The van der Waals surface area contributed by atoms with Gasteiger partial charge in [-0.15, -0.1) is 0 Å². The van der Waals surface area contributed by atoms with Crippen LogP contribution in [0, 0.1) is 0 Å². The lowest BCUT2D eigenvalue weighted by atomic mass is 10.2. The van der Waals surface area contributed by atoms with Crippen LogP contribution in [0.15, 0.2) is 33.8 Å². The maximum Gasteiger partial charge on any atom is 0.329 e. The number of carbonyl (C=O) groups is 2. The molecular weight excluding hydrogens is 334 g/mol. The summed E-state index contributed by atoms with van der Waals surface area (Å²) >= 11 is 3.34. The molecule has 1 aromatic carbocycles. The van der Waals surface area contributed by atoms with E-state index in [1.54, 1.807) is 4.90 Å². The van der Waals surface area contributed by atoms with Crippen molar-refractivity contribution in [3.05, 3.63) is 34.3 Å². The van der Waals surface area contributed by atoms with Crippen LogP contribution in [0.3, 0.4) is 0 Å². The minimum atomic E-state index is -0.676. The number of benzene rings is 1. The van der Waals surface area contributed by atoms with Crippen LogP contribution >= 0.6 is 15.9 Å². The van der Waals surface area contributed by atoms with Gasteiger partial charge in [-0.2, -0.15) is 5.10 Å². The summed E-state index contributed by atoms with van der Waals surface area (Å²) in [5.74, 6) is -1.17. The zero-order chi connectivity index (χ0) is 15.1. The predicted molar refractivity (Wildman–Crippen MR) is 84.9 cm³/mol. The summed E-state index contributed by atoms with van der Waals surface area (Å²) < 4.78 is 0.972. The SMILES string of the molecule is O=C(N/N=C\c1ccc(Br)cc1)C(=O)N1CCCCCC1. The van der Waals surface area contributed by atoms with E-state index in [4.69, 9.17) is 0 Å². The van der Waals surface area contributed by atoms with E-state index in [2.05, 4.69) is 26.5 Å². The van der Waals surface area contributed by atoms with Gasteiger partial charge in [0.1, 0.15) is 0 Å². The third-order valence-electron chi connectivity index (χ3n) is 3.34. The van der Waals surface area contributed by atoms with Crippen LogP contribution in [0.25, 0.3) is 0 Å². The number of amides is 2. The van der Waals surface area contributed by atoms with Crippen molar-refractivity contribution < 1.29 is 9.59 Å². The van der Waals surface area contributed by atoms with Crippen LogP contribution < -0.4 is 5.43 Å². The number of likely N-dealkylation sites (tertiary alicyclic amines) is 1. The summed E-state index contributed by atoms with van der Waals surface area (Å²) in [5.41, 5.74) is 3.14. The third kappa shape index (κ3) is 4.97. The van der Waals surface area contributed by atoms with Crippen molar-refractivity contribution in [2.45, 2.75) is 25.7 Å². The van der Waals surface area contributed by atoms with Crippen molar-refractivity contribution in [2.24, 2.45) is 5.10 Å². The van der Waals surface area contributed by atoms with Crippen molar-refractivity contribution in [3.63, 3.8) is 0 Å². The van der Waals surface area contributed by atoms with Gasteiger partial charge in [-0.25, -0.2) is 5.43 Å². The fraction of sp³-hybridized carbons (Fsp3) is 0.400. The third-order valence-corrected chi connectivity index (χ3v) is 3.87. The van der Waals surface area contributed by atoms with Gasteiger partial charge in [-0.1, -0.05) is 40.9 Å². The Hall–Kier alpha value is -1.69. The van der Waals surface area contributed by atoms with E-state index in [1.807, 2.05) is 24.3 Å². The highest BCUT2D eigenvalue weighted by Gasteiger charge is 2.21. The molecule has 2 amide bonds. The second-order valence-corrected chi connectivity index (χ2v) is 5.87. The summed E-state index contributed by atoms with van der Waals surface area (Å²) in [7, 11) is 0. The lowest BCUT2D eigenvalue weighted by molar-refractivity contribution is -0.145. The highest BCUT2D eigenvalue weighted by Crippen LogP contribution is 2.10. The number of halogens is 1. The molecule has 0 saturated carbocycles. The van der Waals surface area contributed by atoms with Gasteiger partial charge in [0, 0.05) is 17.6 Å². The second-order valence-electron chi connectivity index (χ2n) is 4.96. The summed E-state index contributed by atoms with van der Waals surface area (Å²) in [5, 5.41) is 3.82. The fourth-order valence-electron chi connectivity index (χ4n) is 2.18. The van der Waals surface area contributed by atoms with Crippen molar-refractivity contribution in [1.82, 2.24) is 10.3 Å². The first-order chi connectivity index (χ1) is 10.2. The normalized spacial score (nSPS) is 15.8. The average molecular weight is 352 g/mol. The quantitative estimate of drug-likeness (QED) is 0.504. The molecule has 1 saturated heterocycles. The van der Waals surface area contributed by atoms with E-state index in [1.165, 1.54) is 6.21 Å². The van der Waals surface area contributed by atoms with Gasteiger partial charge >= 0.3 is 11.8 Å². The molecule has 1 aliphatic rings.